The normalized spacial score (nSPS) is 9.71. The smallest absolute Gasteiger partial charge is 0.251 e. The molecular formula is C12H16N2O2S. The number of nitrogens with one attached hydrogen (secondary N) is 1. The Labute approximate surface area is 106 Å². The molecule has 1 rings (SSSR count). The fourth-order valence-corrected chi connectivity index (χ4v) is 1.29. The summed E-state index contributed by atoms with van der Waals surface area (Å²) in [6.45, 7) is 2.87. The van der Waals surface area contributed by atoms with Crippen LogP contribution in [0.3, 0.4) is 0 Å². The van der Waals surface area contributed by atoms with Crippen molar-refractivity contribution in [3.05, 3.63) is 29.8 Å². The summed E-state index contributed by atoms with van der Waals surface area (Å²) in [4.78, 5) is 12.0. The quantitative estimate of drug-likeness (QED) is 0.753. The molecular weight excluding hydrogens is 236 g/mol. The number of rotatable bonds is 6. The van der Waals surface area contributed by atoms with Crippen LogP contribution in [0.1, 0.15) is 23.7 Å². The molecule has 0 aliphatic rings. The van der Waals surface area contributed by atoms with E-state index in [0.29, 0.717) is 17.9 Å². The highest BCUT2D eigenvalue weighted by Gasteiger charge is 2.06. The van der Waals surface area contributed by atoms with Gasteiger partial charge in [-0.15, -0.1) is 0 Å². The minimum absolute atomic E-state index is 0.203. The summed E-state index contributed by atoms with van der Waals surface area (Å²) in [7, 11) is 0. The van der Waals surface area contributed by atoms with Crippen molar-refractivity contribution in [1.82, 2.24) is 5.32 Å². The molecule has 92 valence electrons. The molecule has 0 fully saturated rings. The van der Waals surface area contributed by atoms with Crippen molar-refractivity contribution in [2.45, 2.75) is 13.3 Å². The maximum absolute atomic E-state index is 11.7. The van der Waals surface area contributed by atoms with Gasteiger partial charge in [-0.25, -0.2) is 0 Å². The van der Waals surface area contributed by atoms with Crippen molar-refractivity contribution in [3.8, 4) is 5.75 Å². The van der Waals surface area contributed by atoms with Gasteiger partial charge in [0.1, 0.15) is 5.75 Å². The van der Waals surface area contributed by atoms with Gasteiger partial charge < -0.3 is 15.8 Å². The average molecular weight is 252 g/mol. The van der Waals surface area contributed by atoms with Gasteiger partial charge in [0, 0.05) is 5.56 Å². The van der Waals surface area contributed by atoms with E-state index < -0.39 is 0 Å². The Morgan fingerprint density at radius 3 is 2.94 bits per heavy atom. The van der Waals surface area contributed by atoms with Crippen LogP contribution >= 0.6 is 12.2 Å². The van der Waals surface area contributed by atoms with Gasteiger partial charge in [0.25, 0.3) is 5.91 Å². The molecule has 1 amide bonds. The topological polar surface area (TPSA) is 64.3 Å². The zero-order valence-corrected chi connectivity index (χ0v) is 10.5. The first kappa shape index (κ1) is 13.4. The van der Waals surface area contributed by atoms with E-state index in [1.165, 1.54) is 0 Å². The van der Waals surface area contributed by atoms with Crippen molar-refractivity contribution in [2.24, 2.45) is 5.73 Å². The Bertz CT molecular complexity index is 407. The summed E-state index contributed by atoms with van der Waals surface area (Å²) in [6, 6.07) is 7.01. The van der Waals surface area contributed by atoms with Crippen molar-refractivity contribution in [1.29, 1.82) is 0 Å². The Kier molecular flexibility index (Phi) is 5.42. The van der Waals surface area contributed by atoms with Crippen LogP contribution in [0.2, 0.25) is 0 Å². The summed E-state index contributed by atoms with van der Waals surface area (Å²) < 4.78 is 5.44. The maximum Gasteiger partial charge on any atom is 0.251 e. The van der Waals surface area contributed by atoms with Crippen LogP contribution in [-0.2, 0) is 0 Å². The van der Waals surface area contributed by atoms with E-state index in [9.17, 15) is 4.79 Å². The van der Waals surface area contributed by atoms with Crippen LogP contribution in [0.25, 0.3) is 0 Å². The van der Waals surface area contributed by atoms with E-state index in [2.05, 4.69) is 17.5 Å². The van der Waals surface area contributed by atoms with E-state index in [1.807, 2.05) is 13.0 Å². The summed E-state index contributed by atoms with van der Waals surface area (Å²) in [5.74, 6) is 0.481. The number of carbonyl (C=O) groups excluding carboxylic acids is 1. The molecule has 1 aromatic carbocycles. The largest absolute Gasteiger partial charge is 0.494 e. The first-order valence-electron chi connectivity index (χ1n) is 5.43. The highest BCUT2D eigenvalue weighted by Crippen LogP contribution is 2.13. The van der Waals surface area contributed by atoms with Gasteiger partial charge in [0.05, 0.1) is 18.1 Å². The Morgan fingerprint density at radius 1 is 1.53 bits per heavy atom. The van der Waals surface area contributed by atoms with E-state index >= 15 is 0 Å². The molecule has 0 bridgehead atoms. The fraction of sp³-hybridized carbons (Fsp3) is 0.333. The highest BCUT2D eigenvalue weighted by molar-refractivity contribution is 7.80. The molecule has 0 unspecified atom stereocenters. The second kappa shape index (κ2) is 6.85. The number of hydrogen-bond acceptors (Lipinski definition) is 3. The van der Waals surface area contributed by atoms with Crippen LogP contribution in [0, 0.1) is 0 Å². The minimum Gasteiger partial charge on any atom is -0.494 e. The zero-order valence-electron chi connectivity index (χ0n) is 9.73. The van der Waals surface area contributed by atoms with Gasteiger partial charge in [0.2, 0.25) is 0 Å². The van der Waals surface area contributed by atoms with E-state index in [0.717, 1.165) is 6.42 Å². The van der Waals surface area contributed by atoms with Gasteiger partial charge in [-0.3, -0.25) is 4.79 Å². The molecule has 5 heteroatoms. The molecule has 0 radical (unpaired) electrons. The number of amides is 1. The number of thiocarbonyl (C=S) groups is 1. The lowest BCUT2D eigenvalue weighted by Crippen LogP contribution is -2.32. The van der Waals surface area contributed by atoms with E-state index in [-0.39, 0.29) is 17.4 Å². The molecule has 0 saturated carbocycles. The summed E-state index contributed by atoms with van der Waals surface area (Å²) in [6.07, 6.45) is 0.928. The lowest BCUT2D eigenvalue weighted by molar-refractivity contribution is 0.0959. The molecule has 1 aromatic rings. The third-order valence-corrected chi connectivity index (χ3v) is 2.14. The van der Waals surface area contributed by atoms with Crippen molar-refractivity contribution < 1.29 is 9.53 Å². The average Bonchev–Trinajstić information content (AvgIpc) is 2.33. The van der Waals surface area contributed by atoms with Gasteiger partial charge in [-0.1, -0.05) is 25.2 Å². The molecule has 0 aromatic heterocycles. The number of benzene rings is 1. The molecule has 3 N–H and O–H groups in total. The van der Waals surface area contributed by atoms with Crippen LogP contribution in [0.4, 0.5) is 0 Å². The lowest BCUT2D eigenvalue weighted by Gasteiger charge is -2.07. The van der Waals surface area contributed by atoms with Crippen LogP contribution in [-0.4, -0.2) is 24.0 Å². The van der Waals surface area contributed by atoms with E-state index in [4.69, 9.17) is 10.5 Å². The molecule has 0 aliphatic heterocycles. The van der Waals surface area contributed by atoms with Crippen LogP contribution in [0.15, 0.2) is 24.3 Å². The van der Waals surface area contributed by atoms with Crippen molar-refractivity contribution in [3.63, 3.8) is 0 Å². The minimum atomic E-state index is -0.209. The van der Waals surface area contributed by atoms with Crippen molar-refractivity contribution in [2.75, 3.05) is 13.2 Å². The molecule has 17 heavy (non-hydrogen) atoms. The number of nitrogens with two attached hydrogens (primary N) is 1. The molecule has 0 spiro atoms. The van der Waals surface area contributed by atoms with Crippen LogP contribution < -0.4 is 15.8 Å². The monoisotopic (exact) mass is 252 g/mol. The molecule has 4 nitrogen and oxygen atoms in total. The van der Waals surface area contributed by atoms with Gasteiger partial charge in [-0.05, 0) is 24.6 Å². The maximum atomic E-state index is 11.7. The second-order valence-corrected chi connectivity index (χ2v) is 4.05. The summed E-state index contributed by atoms with van der Waals surface area (Å²) >= 11 is 4.69. The predicted molar refractivity (Wildman–Crippen MR) is 71.3 cm³/mol. The molecule has 0 atom stereocenters. The van der Waals surface area contributed by atoms with Gasteiger partial charge in [-0.2, -0.15) is 0 Å². The standard InChI is InChI=1S/C12H16N2O2S/c1-2-6-16-10-5-3-4-9(7-10)12(15)14-8-11(13)17/h3-5,7H,2,6,8H2,1H3,(H2,13,17)(H,14,15). The third-order valence-electron chi connectivity index (χ3n) is 1.99. The SMILES string of the molecule is CCCOc1cccc(C(=O)NCC(N)=S)c1. The number of carbonyl (C=O) groups is 1. The number of hydrogen-bond donors (Lipinski definition) is 2. The van der Waals surface area contributed by atoms with Crippen LogP contribution in [0.5, 0.6) is 5.75 Å². The Hall–Kier alpha value is -1.62. The van der Waals surface area contributed by atoms with Gasteiger partial charge in [0.15, 0.2) is 0 Å². The second-order valence-electron chi connectivity index (χ2n) is 3.53. The molecule has 0 heterocycles. The van der Waals surface area contributed by atoms with Gasteiger partial charge >= 0.3 is 0 Å². The van der Waals surface area contributed by atoms with E-state index in [1.54, 1.807) is 18.2 Å². The summed E-state index contributed by atoms with van der Waals surface area (Å²) in [5, 5.41) is 2.62. The van der Waals surface area contributed by atoms with Crippen molar-refractivity contribution >= 4 is 23.1 Å². The zero-order chi connectivity index (χ0) is 12.7. The molecule has 0 aliphatic carbocycles. The Morgan fingerprint density at radius 2 is 2.29 bits per heavy atom. The third kappa shape index (κ3) is 4.82. The lowest BCUT2D eigenvalue weighted by atomic mass is 10.2. The predicted octanol–water partition coefficient (Wildman–Crippen LogP) is 1.49. The first-order chi connectivity index (χ1) is 8.13. The molecule has 0 saturated heterocycles. The summed E-state index contributed by atoms with van der Waals surface area (Å²) in [5.41, 5.74) is 5.84. The highest BCUT2D eigenvalue weighted by atomic mass is 32.1. The fourth-order valence-electron chi connectivity index (χ4n) is 1.22. The number of ether oxygens (including phenoxy) is 1. The first-order valence-corrected chi connectivity index (χ1v) is 5.83. The Balaban J connectivity index is 2.63.